The normalized spacial score (nSPS) is 12.8. The van der Waals surface area contributed by atoms with Gasteiger partial charge in [-0.25, -0.2) is 24.1 Å². The van der Waals surface area contributed by atoms with Crippen LogP contribution in [0, 0.1) is 11.6 Å². The fourth-order valence-corrected chi connectivity index (χ4v) is 3.30. The maximum absolute atomic E-state index is 15.3. The topological polar surface area (TPSA) is 77.4 Å². The molecule has 1 atom stereocenters. The first-order valence-electron chi connectivity index (χ1n) is 9.45. The van der Waals surface area contributed by atoms with Crippen LogP contribution in [-0.4, -0.2) is 27.3 Å². The van der Waals surface area contributed by atoms with Crippen molar-refractivity contribution in [3.63, 3.8) is 0 Å². The van der Waals surface area contributed by atoms with Gasteiger partial charge in [0.2, 0.25) is 0 Å². The van der Waals surface area contributed by atoms with Crippen molar-refractivity contribution in [2.75, 3.05) is 5.32 Å². The summed E-state index contributed by atoms with van der Waals surface area (Å²) in [6, 6.07) is 5.71. The average molecular weight is 497 g/mol. The van der Waals surface area contributed by atoms with Crippen molar-refractivity contribution >= 4 is 44.2 Å². The van der Waals surface area contributed by atoms with E-state index in [0.717, 1.165) is 0 Å². The van der Waals surface area contributed by atoms with Gasteiger partial charge in [0.25, 0.3) is 5.91 Å². The highest BCUT2D eigenvalue weighted by Crippen LogP contribution is 2.32. The molecule has 0 aliphatic carbocycles. The summed E-state index contributed by atoms with van der Waals surface area (Å²) in [5.74, 6) is -2.14. The number of benzene rings is 2. The van der Waals surface area contributed by atoms with Gasteiger partial charge in [-0.3, -0.25) is 4.79 Å². The maximum Gasteiger partial charge on any atom is 0.277 e. The molecule has 1 aromatic heterocycles. The number of ether oxygens (including phenoxy) is 1. The second kappa shape index (κ2) is 8.89. The highest BCUT2D eigenvalue weighted by Gasteiger charge is 2.23. The molecule has 31 heavy (non-hydrogen) atoms. The lowest BCUT2D eigenvalue weighted by atomic mass is 10.1. The van der Waals surface area contributed by atoms with Crippen LogP contribution in [0.15, 0.2) is 35.1 Å². The quantitative estimate of drug-likeness (QED) is 0.363. The van der Waals surface area contributed by atoms with Gasteiger partial charge in [-0.05, 0) is 52.0 Å². The third-order valence-corrected chi connectivity index (χ3v) is 4.73. The van der Waals surface area contributed by atoms with Crippen LogP contribution in [0.4, 0.5) is 20.2 Å². The number of carbonyl (C=O) groups is 1. The van der Waals surface area contributed by atoms with E-state index in [1.165, 1.54) is 24.5 Å². The number of hydroxylamine groups is 1. The molecule has 3 aromatic rings. The highest BCUT2D eigenvalue weighted by molar-refractivity contribution is 9.10. The van der Waals surface area contributed by atoms with Gasteiger partial charge in [-0.15, -0.1) is 0 Å². The number of fused-ring (bicyclic) bond motifs is 1. The Balaban J connectivity index is 1.97. The van der Waals surface area contributed by atoms with Crippen molar-refractivity contribution in [2.45, 2.75) is 39.6 Å². The van der Waals surface area contributed by atoms with Crippen LogP contribution in [0.2, 0.25) is 0 Å². The Hall–Kier alpha value is -2.56. The van der Waals surface area contributed by atoms with Gasteiger partial charge in [0.15, 0.2) is 12.1 Å². The molecule has 1 amide bonds. The fourth-order valence-electron chi connectivity index (χ4n) is 2.96. The van der Waals surface area contributed by atoms with E-state index in [2.05, 4.69) is 31.7 Å². The first-order valence-corrected chi connectivity index (χ1v) is 10.2. The predicted octanol–water partition coefficient (Wildman–Crippen LogP) is 5.18. The second-order valence-corrected chi connectivity index (χ2v) is 8.85. The number of nitrogens with one attached hydrogen (secondary N) is 2. The van der Waals surface area contributed by atoms with Gasteiger partial charge >= 0.3 is 0 Å². The Morgan fingerprint density at radius 2 is 1.97 bits per heavy atom. The third-order valence-electron chi connectivity index (χ3n) is 4.23. The standard InChI is InChI=1S/C21H23BrF2N4O3/c1-11(30-21(2,3)4)31-27-20(29)13-9-16-19(25-10-28(16)5)17(24)18(13)26-15-7-6-12(22)8-14(15)23/h6-11,26H,1-5H3,(H,27,29). The zero-order valence-electron chi connectivity index (χ0n) is 17.7. The minimum absolute atomic E-state index is 0.00298. The summed E-state index contributed by atoms with van der Waals surface area (Å²) < 4.78 is 37.3. The molecule has 0 aliphatic heterocycles. The molecule has 0 spiro atoms. The molecule has 0 saturated carbocycles. The Bertz CT molecular complexity index is 1130. The number of anilines is 2. The molecule has 2 N–H and O–H groups in total. The molecule has 2 aromatic carbocycles. The van der Waals surface area contributed by atoms with E-state index < -0.39 is 29.4 Å². The summed E-state index contributed by atoms with van der Waals surface area (Å²) in [5, 5.41) is 2.68. The van der Waals surface area contributed by atoms with E-state index in [4.69, 9.17) is 9.57 Å². The molecule has 10 heteroatoms. The van der Waals surface area contributed by atoms with E-state index >= 15 is 4.39 Å². The number of aromatic nitrogens is 2. The van der Waals surface area contributed by atoms with E-state index in [-0.39, 0.29) is 22.5 Å². The van der Waals surface area contributed by atoms with Crippen molar-refractivity contribution < 1.29 is 23.1 Å². The molecule has 0 saturated heterocycles. The maximum atomic E-state index is 15.3. The fraction of sp³-hybridized carbons (Fsp3) is 0.333. The van der Waals surface area contributed by atoms with Crippen molar-refractivity contribution in [2.24, 2.45) is 7.05 Å². The first kappa shape index (κ1) is 23.1. The number of hydrogen-bond acceptors (Lipinski definition) is 5. The van der Waals surface area contributed by atoms with Crippen molar-refractivity contribution in [1.82, 2.24) is 15.0 Å². The summed E-state index contributed by atoms with van der Waals surface area (Å²) in [4.78, 5) is 22.2. The Morgan fingerprint density at radius 1 is 1.26 bits per heavy atom. The van der Waals surface area contributed by atoms with Crippen LogP contribution in [0.5, 0.6) is 0 Å². The molecule has 1 unspecified atom stereocenters. The molecular weight excluding hydrogens is 474 g/mol. The van der Waals surface area contributed by atoms with E-state index in [1.54, 1.807) is 24.6 Å². The molecular formula is C21H23BrF2N4O3. The predicted molar refractivity (Wildman–Crippen MR) is 117 cm³/mol. The molecule has 3 rings (SSSR count). The number of amides is 1. The smallest absolute Gasteiger partial charge is 0.277 e. The Kier molecular flexibility index (Phi) is 6.63. The van der Waals surface area contributed by atoms with E-state index in [0.29, 0.717) is 9.99 Å². The SMILES string of the molecule is CC(ONC(=O)c1cc2c(ncn2C)c(F)c1Nc1ccc(Br)cc1F)OC(C)(C)C. The number of nitrogens with zero attached hydrogens (tertiary/aromatic N) is 2. The van der Waals surface area contributed by atoms with Crippen LogP contribution in [0.3, 0.4) is 0 Å². The molecule has 166 valence electrons. The molecule has 0 aliphatic rings. The van der Waals surface area contributed by atoms with Crippen molar-refractivity contribution in [3.05, 3.63) is 52.3 Å². The van der Waals surface area contributed by atoms with Crippen LogP contribution < -0.4 is 10.8 Å². The number of imidazole rings is 1. The highest BCUT2D eigenvalue weighted by atomic mass is 79.9. The first-order chi connectivity index (χ1) is 14.5. The van der Waals surface area contributed by atoms with Crippen LogP contribution in [-0.2, 0) is 16.6 Å². The van der Waals surface area contributed by atoms with Gasteiger partial charge in [0.05, 0.1) is 34.4 Å². The summed E-state index contributed by atoms with van der Waals surface area (Å²) >= 11 is 3.18. The average Bonchev–Trinajstić information content (AvgIpc) is 3.03. The van der Waals surface area contributed by atoms with Gasteiger partial charge in [0, 0.05) is 11.5 Å². The Labute approximate surface area is 186 Å². The van der Waals surface area contributed by atoms with Crippen molar-refractivity contribution in [3.8, 4) is 0 Å². The summed E-state index contributed by atoms with van der Waals surface area (Å²) in [5.41, 5.74) is 1.91. The molecule has 0 fully saturated rings. The van der Waals surface area contributed by atoms with Gasteiger partial charge in [-0.2, -0.15) is 0 Å². The zero-order valence-corrected chi connectivity index (χ0v) is 19.3. The van der Waals surface area contributed by atoms with Gasteiger partial charge in [0.1, 0.15) is 11.3 Å². The Morgan fingerprint density at radius 3 is 2.61 bits per heavy atom. The third kappa shape index (κ3) is 5.38. The minimum atomic E-state index is -0.787. The molecule has 1 heterocycles. The monoisotopic (exact) mass is 496 g/mol. The zero-order chi connectivity index (χ0) is 22.9. The number of carbonyl (C=O) groups excluding carboxylic acids is 1. The summed E-state index contributed by atoms with van der Waals surface area (Å²) in [6.45, 7) is 7.15. The van der Waals surface area contributed by atoms with Crippen LogP contribution in [0.25, 0.3) is 11.0 Å². The molecule has 7 nitrogen and oxygen atoms in total. The largest absolute Gasteiger partial charge is 0.350 e. The summed E-state index contributed by atoms with van der Waals surface area (Å²) in [7, 11) is 1.67. The van der Waals surface area contributed by atoms with Crippen LogP contribution in [0.1, 0.15) is 38.1 Å². The number of hydrogen-bond donors (Lipinski definition) is 2. The molecule has 0 radical (unpaired) electrons. The minimum Gasteiger partial charge on any atom is -0.350 e. The number of rotatable bonds is 6. The van der Waals surface area contributed by atoms with E-state index in [9.17, 15) is 9.18 Å². The van der Waals surface area contributed by atoms with E-state index in [1.807, 2.05) is 20.8 Å². The molecule has 0 bridgehead atoms. The van der Waals surface area contributed by atoms with Gasteiger partial charge in [-0.1, -0.05) is 15.9 Å². The lowest BCUT2D eigenvalue weighted by molar-refractivity contribution is -0.205. The lowest BCUT2D eigenvalue weighted by Gasteiger charge is -2.24. The van der Waals surface area contributed by atoms with Crippen LogP contribution >= 0.6 is 15.9 Å². The number of halogens is 3. The second-order valence-electron chi connectivity index (χ2n) is 7.93. The lowest BCUT2D eigenvalue weighted by Crippen LogP contribution is -2.34. The van der Waals surface area contributed by atoms with Crippen molar-refractivity contribution in [1.29, 1.82) is 0 Å². The summed E-state index contributed by atoms with van der Waals surface area (Å²) in [6.07, 6.45) is 0.671. The van der Waals surface area contributed by atoms with Gasteiger partial charge < -0.3 is 14.6 Å². The number of aryl methyl sites for hydroxylation is 1.